The molecule has 6 nitrogen and oxygen atoms in total. The lowest BCUT2D eigenvalue weighted by Crippen LogP contribution is -2.35. The number of nitrogens with one attached hydrogen (secondary N) is 1. The number of aliphatic imine (C=N–C) groups is 1. The van der Waals surface area contributed by atoms with Gasteiger partial charge in [-0.25, -0.2) is 4.99 Å². The van der Waals surface area contributed by atoms with E-state index in [4.69, 9.17) is 15.9 Å². The van der Waals surface area contributed by atoms with Gasteiger partial charge in [-0.15, -0.1) is 0 Å². The van der Waals surface area contributed by atoms with E-state index in [0.29, 0.717) is 5.69 Å². The van der Waals surface area contributed by atoms with Gasteiger partial charge in [0.1, 0.15) is 12.3 Å². The van der Waals surface area contributed by atoms with Crippen molar-refractivity contribution in [3.63, 3.8) is 0 Å². The van der Waals surface area contributed by atoms with Crippen LogP contribution in [0.4, 0.5) is 5.69 Å². The van der Waals surface area contributed by atoms with Crippen molar-refractivity contribution in [3.05, 3.63) is 24.3 Å². The smallest absolute Gasteiger partial charge is 0.322 e. The molecule has 0 atom stereocenters. The van der Waals surface area contributed by atoms with E-state index in [0.717, 1.165) is 0 Å². The molecule has 0 radical (unpaired) electrons. The van der Waals surface area contributed by atoms with Crippen molar-refractivity contribution in [1.29, 1.82) is 0 Å². The molecular formula is C9H11N3O3. The van der Waals surface area contributed by atoms with Crippen LogP contribution in [-0.2, 0) is 4.79 Å². The molecule has 1 aromatic carbocycles. The van der Waals surface area contributed by atoms with Gasteiger partial charge in [-0.05, 0) is 24.3 Å². The van der Waals surface area contributed by atoms with E-state index in [1.165, 1.54) is 12.1 Å². The van der Waals surface area contributed by atoms with Gasteiger partial charge in [0.2, 0.25) is 0 Å². The monoisotopic (exact) mass is 209 g/mol. The van der Waals surface area contributed by atoms with Crippen LogP contribution in [-0.4, -0.2) is 28.7 Å². The minimum absolute atomic E-state index is 0.0167. The Kier molecular flexibility index (Phi) is 3.50. The van der Waals surface area contributed by atoms with Crippen LogP contribution in [0.15, 0.2) is 29.3 Å². The number of aliphatic carboxylic acids is 1. The number of carboxylic acids is 1. The van der Waals surface area contributed by atoms with Gasteiger partial charge in [0.15, 0.2) is 5.96 Å². The molecule has 0 unspecified atom stereocenters. The zero-order valence-corrected chi connectivity index (χ0v) is 7.84. The number of phenols is 1. The van der Waals surface area contributed by atoms with E-state index in [9.17, 15) is 4.79 Å². The van der Waals surface area contributed by atoms with Gasteiger partial charge in [-0.1, -0.05) is 0 Å². The summed E-state index contributed by atoms with van der Waals surface area (Å²) in [5.74, 6) is -0.868. The number of carbonyl (C=O) groups is 1. The van der Waals surface area contributed by atoms with E-state index in [1.54, 1.807) is 12.1 Å². The topological polar surface area (TPSA) is 108 Å². The Morgan fingerprint density at radius 1 is 1.40 bits per heavy atom. The van der Waals surface area contributed by atoms with Crippen LogP contribution < -0.4 is 11.1 Å². The van der Waals surface area contributed by atoms with Gasteiger partial charge < -0.3 is 21.3 Å². The molecule has 6 heteroatoms. The Morgan fingerprint density at radius 3 is 2.53 bits per heavy atom. The Bertz CT molecular complexity index is 373. The first-order valence-corrected chi connectivity index (χ1v) is 4.17. The minimum atomic E-state index is -1.01. The fourth-order valence-corrected chi connectivity index (χ4v) is 0.872. The molecule has 0 bridgehead atoms. The molecule has 1 aromatic rings. The van der Waals surface area contributed by atoms with E-state index in [1.807, 2.05) is 0 Å². The number of nitrogens with two attached hydrogens (primary N) is 1. The number of hydrogen-bond donors (Lipinski definition) is 4. The number of carboxylic acid groups (broad SMARTS) is 1. The van der Waals surface area contributed by atoms with Crippen molar-refractivity contribution in [1.82, 2.24) is 5.32 Å². The van der Waals surface area contributed by atoms with Crippen LogP contribution in [0.1, 0.15) is 0 Å². The molecule has 0 saturated heterocycles. The Balaban J connectivity index is 2.62. The molecule has 0 spiro atoms. The van der Waals surface area contributed by atoms with Crippen molar-refractivity contribution in [2.75, 3.05) is 6.54 Å². The lowest BCUT2D eigenvalue weighted by Gasteiger charge is -2.01. The van der Waals surface area contributed by atoms with Crippen LogP contribution in [0.5, 0.6) is 5.75 Å². The number of benzene rings is 1. The van der Waals surface area contributed by atoms with Crippen molar-refractivity contribution in [3.8, 4) is 5.75 Å². The molecule has 0 amide bonds. The molecule has 15 heavy (non-hydrogen) atoms. The third kappa shape index (κ3) is 3.99. The highest BCUT2D eigenvalue weighted by Gasteiger charge is 1.97. The second-order valence-corrected chi connectivity index (χ2v) is 2.76. The van der Waals surface area contributed by atoms with E-state index in [2.05, 4.69) is 10.3 Å². The number of nitrogens with zero attached hydrogens (tertiary/aromatic N) is 1. The normalized spacial score (nSPS) is 11.1. The van der Waals surface area contributed by atoms with Gasteiger partial charge in [0, 0.05) is 0 Å². The average molecular weight is 209 g/mol. The van der Waals surface area contributed by atoms with Crippen LogP contribution in [0, 0.1) is 0 Å². The molecule has 0 saturated carbocycles. The van der Waals surface area contributed by atoms with Crippen LogP contribution in [0.25, 0.3) is 0 Å². The second-order valence-electron chi connectivity index (χ2n) is 2.76. The van der Waals surface area contributed by atoms with E-state index < -0.39 is 5.97 Å². The maximum absolute atomic E-state index is 10.2. The summed E-state index contributed by atoms with van der Waals surface area (Å²) in [6.07, 6.45) is 0. The fourth-order valence-electron chi connectivity index (χ4n) is 0.872. The summed E-state index contributed by atoms with van der Waals surface area (Å²) in [7, 11) is 0. The first-order chi connectivity index (χ1) is 7.08. The number of aromatic hydroxyl groups is 1. The highest BCUT2D eigenvalue weighted by Crippen LogP contribution is 2.15. The van der Waals surface area contributed by atoms with Gasteiger partial charge in [0.05, 0.1) is 5.69 Å². The first-order valence-electron chi connectivity index (χ1n) is 4.17. The Labute approximate surface area is 86.1 Å². The molecule has 0 fully saturated rings. The van der Waals surface area contributed by atoms with Crippen molar-refractivity contribution >= 4 is 17.6 Å². The number of guanidine groups is 1. The standard InChI is InChI=1S/C9H11N3O3/c10-9(11-5-8(14)15)12-6-1-3-7(13)4-2-6/h1-4,13H,5H2,(H,14,15)(H3,10,11,12). The summed E-state index contributed by atoms with van der Waals surface area (Å²) in [6, 6.07) is 6.04. The van der Waals surface area contributed by atoms with Crippen LogP contribution >= 0.6 is 0 Å². The molecular weight excluding hydrogens is 198 g/mol. The van der Waals surface area contributed by atoms with Crippen molar-refractivity contribution in [2.24, 2.45) is 10.7 Å². The Morgan fingerprint density at radius 2 is 2.00 bits per heavy atom. The molecule has 0 aliphatic rings. The second kappa shape index (κ2) is 4.85. The third-order valence-electron chi connectivity index (χ3n) is 1.52. The fraction of sp³-hybridized carbons (Fsp3) is 0.111. The predicted octanol–water partition coefficient (Wildman–Crippen LogP) is 0.0126. The van der Waals surface area contributed by atoms with Gasteiger partial charge >= 0.3 is 5.97 Å². The van der Waals surface area contributed by atoms with E-state index >= 15 is 0 Å². The SMILES string of the molecule is NC(=Nc1ccc(O)cc1)NCC(=O)O. The largest absolute Gasteiger partial charge is 0.508 e. The van der Waals surface area contributed by atoms with Crippen LogP contribution in [0.2, 0.25) is 0 Å². The Hall–Kier alpha value is -2.24. The van der Waals surface area contributed by atoms with Gasteiger partial charge in [-0.2, -0.15) is 0 Å². The highest BCUT2D eigenvalue weighted by molar-refractivity contribution is 5.84. The molecule has 80 valence electrons. The number of rotatable bonds is 3. The highest BCUT2D eigenvalue weighted by atomic mass is 16.4. The molecule has 0 aromatic heterocycles. The quantitative estimate of drug-likeness (QED) is 0.414. The molecule has 0 aliphatic carbocycles. The third-order valence-corrected chi connectivity index (χ3v) is 1.52. The number of phenolic OH excluding ortho intramolecular Hbond substituents is 1. The maximum atomic E-state index is 10.2. The molecule has 0 heterocycles. The first kappa shape index (κ1) is 10.8. The molecule has 5 N–H and O–H groups in total. The summed E-state index contributed by atoms with van der Waals surface area (Å²) in [4.78, 5) is 14.1. The number of hydrogen-bond acceptors (Lipinski definition) is 3. The molecule has 0 aliphatic heterocycles. The summed E-state index contributed by atoms with van der Waals surface area (Å²) in [5.41, 5.74) is 5.94. The zero-order valence-electron chi connectivity index (χ0n) is 7.84. The van der Waals surface area contributed by atoms with Crippen molar-refractivity contribution in [2.45, 2.75) is 0 Å². The minimum Gasteiger partial charge on any atom is -0.508 e. The van der Waals surface area contributed by atoms with E-state index in [-0.39, 0.29) is 18.3 Å². The van der Waals surface area contributed by atoms with Crippen LogP contribution in [0.3, 0.4) is 0 Å². The summed E-state index contributed by atoms with van der Waals surface area (Å²) >= 11 is 0. The summed E-state index contributed by atoms with van der Waals surface area (Å²) in [5, 5.41) is 19.8. The molecule has 1 rings (SSSR count). The maximum Gasteiger partial charge on any atom is 0.322 e. The lowest BCUT2D eigenvalue weighted by atomic mass is 10.3. The van der Waals surface area contributed by atoms with Crippen molar-refractivity contribution < 1.29 is 15.0 Å². The van der Waals surface area contributed by atoms with Gasteiger partial charge in [0.25, 0.3) is 0 Å². The van der Waals surface area contributed by atoms with Gasteiger partial charge in [-0.3, -0.25) is 4.79 Å². The predicted molar refractivity (Wildman–Crippen MR) is 55.0 cm³/mol. The zero-order chi connectivity index (χ0) is 11.3. The average Bonchev–Trinajstić information content (AvgIpc) is 2.19. The summed E-state index contributed by atoms with van der Waals surface area (Å²) < 4.78 is 0. The lowest BCUT2D eigenvalue weighted by molar-refractivity contribution is -0.135. The summed E-state index contributed by atoms with van der Waals surface area (Å²) in [6.45, 7) is -0.284.